The number of halogens is 1. The molecule has 1 aliphatic carbocycles. The van der Waals surface area contributed by atoms with Gasteiger partial charge in [-0.1, -0.05) is 18.2 Å². The average Bonchev–Trinajstić information content (AvgIpc) is 3.47. The summed E-state index contributed by atoms with van der Waals surface area (Å²) in [5, 5.41) is 6.00. The minimum absolute atomic E-state index is 0.0540. The third-order valence-electron chi connectivity index (χ3n) is 5.00. The van der Waals surface area contributed by atoms with Gasteiger partial charge in [0.1, 0.15) is 23.8 Å². The van der Waals surface area contributed by atoms with Crippen molar-refractivity contribution in [3.63, 3.8) is 0 Å². The average molecular weight is 429 g/mol. The number of nitrogens with zero attached hydrogens (tertiary/aromatic N) is 4. The van der Waals surface area contributed by atoms with Crippen LogP contribution in [0.3, 0.4) is 0 Å². The summed E-state index contributed by atoms with van der Waals surface area (Å²) >= 11 is 0. The lowest BCUT2D eigenvalue weighted by molar-refractivity contribution is 0.102. The third-order valence-corrected chi connectivity index (χ3v) is 5.00. The normalized spacial score (nSPS) is 12.9. The summed E-state index contributed by atoms with van der Waals surface area (Å²) < 4.78 is 14.6. The van der Waals surface area contributed by atoms with Gasteiger partial charge in [0, 0.05) is 30.1 Å². The summed E-state index contributed by atoms with van der Waals surface area (Å²) in [6, 6.07) is 15.4. The number of anilines is 5. The second-order valence-electron chi connectivity index (χ2n) is 7.41. The van der Waals surface area contributed by atoms with Crippen molar-refractivity contribution in [2.24, 2.45) is 0 Å². The van der Waals surface area contributed by atoms with Crippen molar-refractivity contribution in [3.05, 3.63) is 84.7 Å². The van der Waals surface area contributed by atoms with Crippen molar-refractivity contribution in [2.75, 3.05) is 15.5 Å². The summed E-state index contributed by atoms with van der Waals surface area (Å²) in [6.45, 7) is 0. The summed E-state index contributed by atoms with van der Waals surface area (Å²) in [5.41, 5.74) is 1.06. The van der Waals surface area contributed by atoms with Gasteiger partial charge in [-0.05, 0) is 43.2 Å². The third kappa shape index (κ3) is 4.27. The van der Waals surface area contributed by atoms with E-state index in [4.69, 9.17) is 0 Å². The van der Waals surface area contributed by atoms with Gasteiger partial charge >= 0.3 is 0 Å². The van der Waals surface area contributed by atoms with E-state index in [9.17, 15) is 9.18 Å². The van der Waals surface area contributed by atoms with Gasteiger partial charge in [0.2, 0.25) is 5.95 Å². The molecule has 0 saturated heterocycles. The van der Waals surface area contributed by atoms with E-state index >= 15 is 0 Å². The Hall–Kier alpha value is -4.27. The van der Waals surface area contributed by atoms with Crippen LogP contribution in [0.2, 0.25) is 0 Å². The van der Waals surface area contributed by atoms with E-state index in [1.165, 1.54) is 12.4 Å². The molecule has 4 aromatic rings. The Morgan fingerprint density at radius 2 is 1.91 bits per heavy atom. The number of imidazole rings is 1. The summed E-state index contributed by atoms with van der Waals surface area (Å²) in [7, 11) is 0. The number of nitrogens with one attached hydrogen (secondary N) is 3. The molecule has 0 unspecified atom stereocenters. The minimum Gasteiger partial charge on any atom is -0.367 e. The zero-order chi connectivity index (χ0) is 21.9. The quantitative estimate of drug-likeness (QED) is 0.396. The van der Waals surface area contributed by atoms with Crippen LogP contribution in [0.15, 0.2) is 73.3 Å². The first-order valence-electron chi connectivity index (χ1n) is 10.2. The Balaban J connectivity index is 1.50. The minimum atomic E-state index is -0.545. The SMILES string of the molecule is O=C(Nc1cc(N(c2cc(NC3CC3)ncn2)c2ncc[nH]2)ccc1F)c1ccccc1. The number of aromatic nitrogens is 4. The number of H-pyrrole nitrogens is 1. The molecule has 1 fully saturated rings. The van der Waals surface area contributed by atoms with E-state index < -0.39 is 11.7 Å². The molecule has 2 aromatic heterocycles. The summed E-state index contributed by atoms with van der Waals surface area (Å²) in [4.78, 5) is 30.4. The van der Waals surface area contributed by atoms with Crippen molar-refractivity contribution in [2.45, 2.75) is 18.9 Å². The van der Waals surface area contributed by atoms with Gasteiger partial charge < -0.3 is 15.6 Å². The van der Waals surface area contributed by atoms with Crippen molar-refractivity contribution in [3.8, 4) is 0 Å². The molecule has 160 valence electrons. The van der Waals surface area contributed by atoms with Crippen LogP contribution < -0.4 is 15.5 Å². The number of rotatable bonds is 7. The monoisotopic (exact) mass is 429 g/mol. The van der Waals surface area contributed by atoms with Crippen LogP contribution in [0.25, 0.3) is 0 Å². The number of amides is 1. The fourth-order valence-electron chi connectivity index (χ4n) is 3.26. The Kier molecular flexibility index (Phi) is 5.20. The number of hydrogen-bond acceptors (Lipinski definition) is 6. The topological polar surface area (TPSA) is 98.8 Å². The lowest BCUT2D eigenvalue weighted by Crippen LogP contribution is -2.16. The van der Waals surface area contributed by atoms with E-state index in [0.717, 1.165) is 12.8 Å². The number of carbonyl (C=O) groups excluding carboxylic acids is 1. The molecule has 0 spiro atoms. The van der Waals surface area contributed by atoms with Crippen LogP contribution >= 0.6 is 0 Å². The lowest BCUT2D eigenvalue weighted by Gasteiger charge is -2.22. The zero-order valence-corrected chi connectivity index (χ0v) is 17.0. The predicted octanol–water partition coefficient (Wildman–Crippen LogP) is 4.64. The molecule has 5 rings (SSSR count). The van der Waals surface area contributed by atoms with Crippen LogP contribution in [0.1, 0.15) is 23.2 Å². The molecule has 0 radical (unpaired) electrons. The number of hydrogen-bond donors (Lipinski definition) is 3. The Morgan fingerprint density at radius 3 is 2.66 bits per heavy atom. The Morgan fingerprint density at radius 1 is 1.06 bits per heavy atom. The van der Waals surface area contributed by atoms with Gasteiger partial charge in [0.15, 0.2) is 0 Å². The first-order valence-corrected chi connectivity index (χ1v) is 10.2. The summed E-state index contributed by atoms with van der Waals surface area (Å²) in [5.74, 6) is 0.798. The molecule has 2 aromatic carbocycles. The van der Waals surface area contributed by atoms with Gasteiger partial charge in [-0.3, -0.25) is 9.69 Å². The van der Waals surface area contributed by atoms with Crippen molar-refractivity contribution < 1.29 is 9.18 Å². The largest absolute Gasteiger partial charge is 0.367 e. The number of aromatic amines is 1. The molecule has 0 bridgehead atoms. The molecule has 0 atom stereocenters. The highest BCUT2D eigenvalue weighted by Gasteiger charge is 2.23. The molecule has 8 nitrogen and oxygen atoms in total. The lowest BCUT2D eigenvalue weighted by atomic mass is 10.2. The first kappa shape index (κ1) is 19.7. The Bertz CT molecular complexity index is 1230. The second kappa shape index (κ2) is 8.46. The van der Waals surface area contributed by atoms with Gasteiger partial charge in [-0.15, -0.1) is 0 Å². The van der Waals surface area contributed by atoms with E-state index in [-0.39, 0.29) is 5.69 Å². The molecule has 3 N–H and O–H groups in total. The fraction of sp³-hybridized carbons (Fsp3) is 0.130. The second-order valence-corrected chi connectivity index (χ2v) is 7.41. The maximum atomic E-state index is 14.6. The smallest absolute Gasteiger partial charge is 0.255 e. The maximum Gasteiger partial charge on any atom is 0.255 e. The molecule has 0 aliphatic heterocycles. The molecule has 1 aliphatic rings. The molecule has 2 heterocycles. The van der Waals surface area contributed by atoms with Gasteiger partial charge in [0.05, 0.1) is 11.4 Å². The molecular formula is C23H20FN7O. The highest BCUT2D eigenvalue weighted by atomic mass is 19.1. The molecular weight excluding hydrogens is 409 g/mol. The Labute approximate surface area is 183 Å². The molecule has 1 amide bonds. The van der Waals surface area contributed by atoms with Crippen LogP contribution in [0, 0.1) is 5.82 Å². The number of carbonyl (C=O) groups is 1. The van der Waals surface area contributed by atoms with Crippen molar-refractivity contribution >= 4 is 34.9 Å². The highest BCUT2D eigenvalue weighted by Crippen LogP contribution is 2.34. The standard InChI is InChI=1S/C23H20FN7O/c24-18-9-8-17(12-19(18)30-22(32)15-4-2-1-3-5-15)31(23-25-10-11-26-23)21-13-20(27-14-28-21)29-16-6-7-16/h1-5,8-14,16H,6-7H2,(H,25,26)(H,30,32)(H,27,28,29). The molecule has 1 saturated carbocycles. The maximum absolute atomic E-state index is 14.6. The van der Waals surface area contributed by atoms with E-state index in [1.807, 2.05) is 12.1 Å². The van der Waals surface area contributed by atoms with Gasteiger partial charge in [0.25, 0.3) is 5.91 Å². The van der Waals surface area contributed by atoms with Crippen molar-refractivity contribution in [1.82, 2.24) is 19.9 Å². The van der Waals surface area contributed by atoms with Gasteiger partial charge in [-0.2, -0.15) is 0 Å². The molecule has 32 heavy (non-hydrogen) atoms. The number of benzene rings is 2. The van der Waals surface area contributed by atoms with E-state index in [0.29, 0.717) is 34.9 Å². The summed E-state index contributed by atoms with van der Waals surface area (Å²) in [6.07, 6.45) is 7.01. The fourth-order valence-corrected chi connectivity index (χ4v) is 3.26. The van der Waals surface area contributed by atoms with E-state index in [2.05, 4.69) is 30.6 Å². The van der Waals surface area contributed by atoms with Crippen LogP contribution in [-0.2, 0) is 0 Å². The molecule has 9 heteroatoms. The first-order chi connectivity index (χ1) is 15.7. The predicted molar refractivity (Wildman–Crippen MR) is 120 cm³/mol. The van der Waals surface area contributed by atoms with Gasteiger partial charge in [-0.25, -0.2) is 19.3 Å². The van der Waals surface area contributed by atoms with Crippen LogP contribution in [0.5, 0.6) is 0 Å². The zero-order valence-electron chi connectivity index (χ0n) is 17.0. The van der Waals surface area contributed by atoms with E-state index in [1.54, 1.807) is 53.7 Å². The van der Waals surface area contributed by atoms with Crippen molar-refractivity contribution in [1.29, 1.82) is 0 Å². The van der Waals surface area contributed by atoms with Crippen LogP contribution in [0.4, 0.5) is 33.3 Å². The highest BCUT2D eigenvalue weighted by molar-refractivity contribution is 6.04. The van der Waals surface area contributed by atoms with Crippen LogP contribution in [-0.4, -0.2) is 31.9 Å².